The largest absolute Gasteiger partial charge is 0.457 e. The van der Waals surface area contributed by atoms with Crippen molar-refractivity contribution in [3.8, 4) is 17.4 Å². The highest BCUT2D eigenvalue weighted by Crippen LogP contribution is 2.34. The molecule has 4 nitrogen and oxygen atoms in total. The second kappa shape index (κ2) is 9.97. The van der Waals surface area contributed by atoms with E-state index in [1.54, 1.807) is 30.3 Å². The van der Waals surface area contributed by atoms with Gasteiger partial charge in [-0.1, -0.05) is 59.6 Å². The number of hydrogen-bond donors (Lipinski definition) is 1. The van der Waals surface area contributed by atoms with Gasteiger partial charge in [-0.05, 0) is 42.7 Å². The van der Waals surface area contributed by atoms with E-state index in [-0.39, 0.29) is 5.57 Å². The van der Waals surface area contributed by atoms with Gasteiger partial charge in [0.25, 0.3) is 5.91 Å². The summed E-state index contributed by atoms with van der Waals surface area (Å²) < 4.78 is 5.72. The predicted molar refractivity (Wildman–Crippen MR) is 116 cm³/mol. The first kappa shape index (κ1) is 20.7. The minimum Gasteiger partial charge on any atom is -0.457 e. The van der Waals surface area contributed by atoms with Crippen molar-refractivity contribution in [2.24, 2.45) is 0 Å². The molecule has 146 valence electrons. The molecule has 0 atom stereocenters. The third-order valence-corrected chi connectivity index (χ3v) is 5.09. The molecule has 1 aromatic heterocycles. The van der Waals surface area contributed by atoms with Gasteiger partial charge in [-0.2, -0.15) is 5.26 Å². The number of nitrogens with zero attached hydrogens (tertiary/aromatic N) is 1. The SMILES string of the molecule is N#C/C(=C\c1ccc(-c2cccc(Cl)c2Cl)o1)C(=O)NCCCc1ccccc1. The fourth-order valence-electron chi connectivity index (χ4n) is 2.79. The second-order valence-corrected chi connectivity index (χ2v) is 7.10. The number of furan rings is 1. The molecule has 0 aliphatic rings. The van der Waals surface area contributed by atoms with Crippen LogP contribution in [0.2, 0.25) is 10.0 Å². The molecule has 0 fully saturated rings. The van der Waals surface area contributed by atoms with E-state index in [0.717, 1.165) is 12.8 Å². The molecule has 0 aliphatic carbocycles. The standard InChI is InChI=1S/C23H18Cl2N2O2/c24-20-10-4-9-19(22(20)25)21-12-11-18(29-21)14-17(15-26)23(28)27-13-5-8-16-6-2-1-3-7-16/h1-4,6-7,9-12,14H,5,8,13H2,(H,27,28)/b17-14+. The Balaban J connectivity index is 1.62. The highest BCUT2D eigenvalue weighted by molar-refractivity contribution is 6.43. The number of nitriles is 1. The van der Waals surface area contributed by atoms with Gasteiger partial charge in [0.1, 0.15) is 23.2 Å². The number of hydrogen-bond acceptors (Lipinski definition) is 3. The molecule has 0 aliphatic heterocycles. The molecule has 0 saturated heterocycles. The molecule has 3 rings (SSSR count). The van der Waals surface area contributed by atoms with E-state index in [4.69, 9.17) is 27.6 Å². The summed E-state index contributed by atoms with van der Waals surface area (Å²) in [6.45, 7) is 0.480. The predicted octanol–water partition coefficient (Wildman–Crippen LogP) is 5.91. The van der Waals surface area contributed by atoms with E-state index in [0.29, 0.717) is 33.7 Å². The Morgan fingerprint density at radius 1 is 1.07 bits per heavy atom. The molecule has 0 radical (unpaired) electrons. The average Bonchev–Trinajstić information content (AvgIpc) is 3.20. The van der Waals surface area contributed by atoms with Crippen molar-refractivity contribution in [2.45, 2.75) is 12.8 Å². The van der Waals surface area contributed by atoms with Gasteiger partial charge >= 0.3 is 0 Å². The van der Waals surface area contributed by atoms with Crippen molar-refractivity contribution < 1.29 is 9.21 Å². The lowest BCUT2D eigenvalue weighted by Gasteiger charge is -2.04. The summed E-state index contributed by atoms with van der Waals surface area (Å²) in [6, 6.07) is 20.6. The molecular weight excluding hydrogens is 407 g/mol. The minimum atomic E-state index is -0.431. The summed E-state index contributed by atoms with van der Waals surface area (Å²) in [5.41, 5.74) is 1.83. The Kier molecular flexibility index (Phi) is 7.13. The van der Waals surface area contributed by atoms with Crippen LogP contribution in [0.3, 0.4) is 0 Å². The Hall–Kier alpha value is -3.00. The fourth-order valence-corrected chi connectivity index (χ4v) is 3.19. The van der Waals surface area contributed by atoms with E-state index in [1.165, 1.54) is 11.6 Å². The smallest absolute Gasteiger partial charge is 0.262 e. The monoisotopic (exact) mass is 424 g/mol. The molecule has 1 amide bonds. The maximum absolute atomic E-state index is 12.3. The molecule has 0 unspecified atom stereocenters. The first-order valence-electron chi connectivity index (χ1n) is 9.06. The van der Waals surface area contributed by atoms with Gasteiger partial charge in [0, 0.05) is 18.2 Å². The second-order valence-electron chi connectivity index (χ2n) is 6.32. The Labute approximate surface area is 179 Å². The zero-order chi connectivity index (χ0) is 20.6. The zero-order valence-corrected chi connectivity index (χ0v) is 17.0. The Morgan fingerprint density at radius 3 is 2.62 bits per heavy atom. The van der Waals surface area contributed by atoms with Gasteiger partial charge in [-0.15, -0.1) is 0 Å². The van der Waals surface area contributed by atoms with Crippen LogP contribution < -0.4 is 5.32 Å². The van der Waals surface area contributed by atoms with E-state index < -0.39 is 5.91 Å². The van der Waals surface area contributed by atoms with Crippen molar-refractivity contribution >= 4 is 35.2 Å². The quantitative estimate of drug-likeness (QED) is 0.291. The number of benzene rings is 2. The van der Waals surface area contributed by atoms with Gasteiger partial charge in [0.2, 0.25) is 0 Å². The molecular formula is C23H18Cl2N2O2. The first-order chi connectivity index (χ1) is 14.1. The number of nitrogens with one attached hydrogen (secondary N) is 1. The molecule has 1 heterocycles. The van der Waals surface area contributed by atoms with Crippen LogP contribution in [-0.2, 0) is 11.2 Å². The van der Waals surface area contributed by atoms with Crippen LogP contribution in [-0.4, -0.2) is 12.5 Å². The van der Waals surface area contributed by atoms with Crippen molar-refractivity contribution in [1.82, 2.24) is 5.32 Å². The number of rotatable bonds is 7. The van der Waals surface area contributed by atoms with Gasteiger partial charge in [-0.3, -0.25) is 4.79 Å². The summed E-state index contributed by atoms with van der Waals surface area (Å²) in [5.74, 6) is 0.454. The molecule has 6 heteroatoms. The number of aryl methyl sites for hydroxylation is 1. The average molecular weight is 425 g/mol. The van der Waals surface area contributed by atoms with Crippen LogP contribution in [0.15, 0.2) is 70.7 Å². The van der Waals surface area contributed by atoms with E-state index in [9.17, 15) is 10.1 Å². The topological polar surface area (TPSA) is 66.0 Å². The van der Waals surface area contributed by atoms with Crippen LogP contribution in [0.25, 0.3) is 17.4 Å². The van der Waals surface area contributed by atoms with Crippen LogP contribution in [0, 0.1) is 11.3 Å². The van der Waals surface area contributed by atoms with Crippen molar-refractivity contribution in [1.29, 1.82) is 5.26 Å². The zero-order valence-electron chi connectivity index (χ0n) is 15.5. The number of carbonyl (C=O) groups excluding carboxylic acids is 1. The molecule has 0 bridgehead atoms. The Morgan fingerprint density at radius 2 is 1.86 bits per heavy atom. The molecule has 2 aromatic carbocycles. The number of amides is 1. The van der Waals surface area contributed by atoms with Crippen LogP contribution >= 0.6 is 23.2 Å². The minimum absolute atomic E-state index is 0.0252. The summed E-state index contributed by atoms with van der Waals surface area (Å²) >= 11 is 12.2. The molecule has 0 saturated carbocycles. The Bertz CT molecular complexity index is 1070. The highest BCUT2D eigenvalue weighted by Gasteiger charge is 2.13. The summed E-state index contributed by atoms with van der Waals surface area (Å²) in [6.07, 6.45) is 3.05. The van der Waals surface area contributed by atoms with Gasteiger partial charge in [0.05, 0.1) is 10.0 Å². The number of carbonyl (C=O) groups is 1. The summed E-state index contributed by atoms with van der Waals surface area (Å²) in [4.78, 5) is 12.3. The van der Waals surface area contributed by atoms with Crippen molar-refractivity contribution in [2.75, 3.05) is 6.54 Å². The van der Waals surface area contributed by atoms with E-state index in [2.05, 4.69) is 5.32 Å². The normalized spacial score (nSPS) is 11.1. The van der Waals surface area contributed by atoms with E-state index in [1.807, 2.05) is 36.4 Å². The van der Waals surface area contributed by atoms with E-state index >= 15 is 0 Å². The van der Waals surface area contributed by atoms with Gasteiger partial charge in [-0.25, -0.2) is 0 Å². The molecule has 29 heavy (non-hydrogen) atoms. The van der Waals surface area contributed by atoms with Crippen molar-refractivity contribution in [3.05, 3.63) is 87.6 Å². The lowest BCUT2D eigenvalue weighted by Crippen LogP contribution is -2.25. The number of halogens is 2. The fraction of sp³-hybridized carbons (Fsp3) is 0.130. The van der Waals surface area contributed by atoms with Crippen molar-refractivity contribution in [3.63, 3.8) is 0 Å². The summed E-state index contributed by atoms with van der Waals surface area (Å²) in [7, 11) is 0. The maximum atomic E-state index is 12.3. The van der Waals surface area contributed by atoms with Gasteiger partial charge in [0.15, 0.2) is 0 Å². The lowest BCUT2D eigenvalue weighted by atomic mass is 10.1. The molecule has 1 N–H and O–H groups in total. The molecule has 0 spiro atoms. The van der Waals surface area contributed by atoms with Crippen LogP contribution in [0.5, 0.6) is 0 Å². The van der Waals surface area contributed by atoms with Crippen LogP contribution in [0.4, 0.5) is 0 Å². The maximum Gasteiger partial charge on any atom is 0.262 e. The first-order valence-corrected chi connectivity index (χ1v) is 9.82. The lowest BCUT2D eigenvalue weighted by molar-refractivity contribution is -0.117. The van der Waals surface area contributed by atoms with Crippen LogP contribution in [0.1, 0.15) is 17.7 Å². The third-order valence-electron chi connectivity index (χ3n) is 4.27. The molecule has 3 aromatic rings. The third kappa shape index (κ3) is 5.51. The van der Waals surface area contributed by atoms with Gasteiger partial charge < -0.3 is 9.73 Å². The summed E-state index contributed by atoms with van der Waals surface area (Å²) in [5, 5.41) is 12.9. The highest BCUT2D eigenvalue weighted by atomic mass is 35.5.